The molecule has 0 aliphatic rings. The Kier molecular flexibility index (Phi) is 7.01. The number of benzene rings is 2. The van der Waals surface area contributed by atoms with Gasteiger partial charge in [0.2, 0.25) is 0 Å². The molecule has 0 saturated heterocycles. The number of thiocarbonyl (C=S) groups is 1. The van der Waals surface area contributed by atoms with Gasteiger partial charge in [0.05, 0.1) is 12.2 Å². The van der Waals surface area contributed by atoms with Crippen molar-refractivity contribution in [2.24, 2.45) is 0 Å². The van der Waals surface area contributed by atoms with Crippen molar-refractivity contribution in [1.29, 1.82) is 0 Å². The summed E-state index contributed by atoms with van der Waals surface area (Å²) < 4.78 is 5.22. The number of nitrogens with one attached hydrogen (secondary N) is 2. The maximum Gasteiger partial charge on any atom is 0.341 e. The van der Waals surface area contributed by atoms with Crippen molar-refractivity contribution in [2.45, 2.75) is 26.7 Å². The van der Waals surface area contributed by atoms with Crippen LogP contribution < -0.4 is 10.6 Å². The summed E-state index contributed by atoms with van der Waals surface area (Å²) in [5, 5.41) is 7.43. The fraction of sp³-hybridized carbons (Fsp3) is 0.217. The molecule has 0 aliphatic carbocycles. The first-order valence-electron chi connectivity index (χ1n) is 9.52. The molecule has 0 aliphatic heterocycles. The van der Waals surface area contributed by atoms with Crippen molar-refractivity contribution in [3.63, 3.8) is 0 Å². The molecular formula is C23H24N2O2S2. The van der Waals surface area contributed by atoms with Crippen molar-refractivity contribution >= 4 is 45.3 Å². The highest BCUT2D eigenvalue weighted by Crippen LogP contribution is 2.36. The molecule has 2 N–H and O–H groups in total. The summed E-state index contributed by atoms with van der Waals surface area (Å²) in [4.78, 5) is 13.4. The molecule has 4 nitrogen and oxygen atoms in total. The summed E-state index contributed by atoms with van der Waals surface area (Å²) in [6, 6.07) is 19.9. The molecule has 150 valence electrons. The Morgan fingerprint density at radius 3 is 2.38 bits per heavy atom. The highest BCUT2D eigenvalue weighted by atomic mass is 32.1. The van der Waals surface area contributed by atoms with Gasteiger partial charge in [0, 0.05) is 10.6 Å². The van der Waals surface area contributed by atoms with Gasteiger partial charge < -0.3 is 15.4 Å². The van der Waals surface area contributed by atoms with E-state index in [1.807, 2.05) is 48.5 Å². The van der Waals surface area contributed by atoms with Gasteiger partial charge in [-0.3, -0.25) is 0 Å². The number of ether oxygens (including phenoxy) is 1. The van der Waals surface area contributed by atoms with E-state index in [4.69, 9.17) is 17.0 Å². The number of esters is 1. The smallest absolute Gasteiger partial charge is 0.341 e. The molecule has 3 rings (SSSR count). The van der Waals surface area contributed by atoms with Crippen LogP contribution in [0.3, 0.4) is 0 Å². The van der Waals surface area contributed by atoms with Crippen LogP contribution in [0.25, 0.3) is 10.4 Å². The zero-order valence-electron chi connectivity index (χ0n) is 16.7. The number of thiophene rings is 1. The van der Waals surface area contributed by atoms with Crippen LogP contribution in [0, 0.1) is 0 Å². The Morgan fingerprint density at radius 2 is 1.76 bits per heavy atom. The Hall–Kier alpha value is -2.70. The van der Waals surface area contributed by atoms with Crippen LogP contribution in [0.5, 0.6) is 0 Å². The third-order valence-electron chi connectivity index (χ3n) is 4.35. The molecule has 3 aromatic rings. The standard InChI is InChI=1S/C23H24N2O2S2/c1-4-27-22(26)19-14-20(17-8-6-5-7-9-17)29-21(19)25-23(28)24-18-12-10-16(11-13-18)15(2)3/h5-15H,4H2,1-3H3,(H2,24,25,28). The van der Waals surface area contributed by atoms with Crippen LogP contribution in [0.2, 0.25) is 0 Å². The Balaban J connectivity index is 1.80. The van der Waals surface area contributed by atoms with E-state index in [-0.39, 0.29) is 5.97 Å². The van der Waals surface area contributed by atoms with Crippen LogP contribution in [-0.2, 0) is 4.74 Å². The molecule has 0 radical (unpaired) electrons. The largest absolute Gasteiger partial charge is 0.462 e. The van der Waals surface area contributed by atoms with Gasteiger partial charge in [0.15, 0.2) is 5.11 Å². The Morgan fingerprint density at radius 1 is 1.07 bits per heavy atom. The van der Waals surface area contributed by atoms with Crippen LogP contribution >= 0.6 is 23.6 Å². The van der Waals surface area contributed by atoms with Crippen molar-refractivity contribution in [1.82, 2.24) is 0 Å². The Bertz CT molecular complexity index is 980. The van der Waals surface area contributed by atoms with Gasteiger partial charge in [-0.15, -0.1) is 11.3 Å². The summed E-state index contributed by atoms with van der Waals surface area (Å²) in [6.45, 7) is 6.43. The minimum absolute atomic E-state index is 0.319. The lowest BCUT2D eigenvalue weighted by Gasteiger charge is -2.12. The number of hydrogen-bond donors (Lipinski definition) is 2. The van der Waals surface area contributed by atoms with E-state index in [9.17, 15) is 4.79 Å². The SMILES string of the molecule is CCOC(=O)c1cc(-c2ccccc2)sc1NC(=S)Nc1ccc(C(C)C)cc1. The van der Waals surface area contributed by atoms with Gasteiger partial charge in [0.25, 0.3) is 0 Å². The zero-order valence-corrected chi connectivity index (χ0v) is 18.3. The molecule has 1 aromatic heterocycles. The quantitative estimate of drug-likeness (QED) is 0.348. The van der Waals surface area contributed by atoms with E-state index in [0.717, 1.165) is 16.1 Å². The van der Waals surface area contributed by atoms with E-state index in [2.05, 4.69) is 36.6 Å². The topological polar surface area (TPSA) is 50.4 Å². The molecular weight excluding hydrogens is 400 g/mol. The van der Waals surface area contributed by atoms with Gasteiger partial charge in [-0.2, -0.15) is 0 Å². The number of carbonyl (C=O) groups is 1. The van der Waals surface area contributed by atoms with E-state index in [1.165, 1.54) is 16.9 Å². The number of carbonyl (C=O) groups excluding carboxylic acids is 1. The van der Waals surface area contributed by atoms with Gasteiger partial charge >= 0.3 is 5.97 Å². The first-order chi connectivity index (χ1) is 14.0. The summed E-state index contributed by atoms with van der Waals surface area (Å²) in [5.41, 5.74) is 3.68. The van der Waals surface area contributed by atoms with Crippen molar-refractivity contribution in [3.05, 3.63) is 71.8 Å². The van der Waals surface area contributed by atoms with E-state index >= 15 is 0 Å². The number of rotatable bonds is 6. The second-order valence-electron chi connectivity index (χ2n) is 6.80. The fourth-order valence-electron chi connectivity index (χ4n) is 2.81. The van der Waals surface area contributed by atoms with E-state index in [0.29, 0.717) is 28.2 Å². The first kappa shape index (κ1) is 21.0. The number of hydrogen-bond acceptors (Lipinski definition) is 4. The number of anilines is 2. The molecule has 2 aromatic carbocycles. The molecule has 0 spiro atoms. The normalized spacial score (nSPS) is 10.6. The summed E-state index contributed by atoms with van der Waals surface area (Å²) >= 11 is 6.94. The van der Waals surface area contributed by atoms with Crippen molar-refractivity contribution < 1.29 is 9.53 Å². The summed E-state index contributed by atoms with van der Waals surface area (Å²) in [7, 11) is 0. The average Bonchev–Trinajstić information content (AvgIpc) is 3.13. The lowest BCUT2D eigenvalue weighted by Crippen LogP contribution is -2.20. The molecule has 0 unspecified atom stereocenters. The Labute approximate surface area is 180 Å². The summed E-state index contributed by atoms with van der Waals surface area (Å²) in [6.07, 6.45) is 0. The lowest BCUT2D eigenvalue weighted by molar-refractivity contribution is 0.0528. The highest BCUT2D eigenvalue weighted by molar-refractivity contribution is 7.80. The van der Waals surface area contributed by atoms with Crippen molar-refractivity contribution in [2.75, 3.05) is 17.2 Å². The summed E-state index contributed by atoms with van der Waals surface area (Å²) in [5.74, 6) is 0.112. The molecule has 0 fully saturated rings. The fourth-order valence-corrected chi connectivity index (χ4v) is 4.15. The minimum Gasteiger partial charge on any atom is -0.462 e. The second-order valence-corrected chi connectivity index (χ2v) is 8.26. The molecule has 1 heterocycles. The van der Waals surface area contributed by atoms with Gasteiger partial charge in [-0.25, -0.2) is 4.79 Å². The molecule has 6 heteroatoms. The van der Waals surface area contributed by atoms with Crippen molar-refractivity contribution in [3.8, 4) is 10.4 Å². The van der Waals surface area contributed by atoms with Crippen LogP contribution in [0.1, 0.15) is 42.6 Å². The van der Waals surface area contributed by atoms with Gasteiger partial charge in [0.1, 0.15) is 5.00 Å². The molecule has 29 heavy (non-hydrogen) atoms. The van der Waals surface area contributed by atoms with E-state index in [1.54, 1.807) is 6.92 Å². The highest BCUT2D eigenvalue weighted by Gasteiger charge is 2.19. The predicted octanol–water partition coefficient (Wildman–Crippen LogP) is 6.52. The predicted molar refractivity (Wildman–Crippen MR) is 126 cm³/mol. The van der Waals surface area contributed by atoms with Gasteiger partial charge in [-0.05, 0) is 54.4 Å². The van der Waals surface area contributed by atoms with E-state index < -0.39 is 0 Å². The lowest BCUT2D eigenvalue weighted by atomic mass is 10.0. The molecule has 0 saturated carbocycles. The second kappa shape index (κ2) is 9.67. The monoisotopic (exact) mass is 424 g/mol. The zero-order chi connectivity index (χ0) is 20.8. The van der Waals surface area contributed by atoms with Crippen LogP contribution in [0.15, 0.2) is 60.7 Å². The minimum atomic E-state index is -0.363. The third-order valence-corrected chi connectivity index (χ3v) is 5.65. The van der Waals surface area contributed by atoms with Gasteiger partial charge in [-0.1, -0.05) is 56.3 Å². The average molecular weight is 425 g/mol. The molecule has 0 atom stereocenters. The maximum absolute atomic E-state index is 12.4. The first-order valence-corrected chi connectivity index (χ1v) is 10.7. The van der Waals surface area contributed by atoms with Crippen LogP contribution in [-0.4, -0.2) is 17.7 Å². The van der Waals surface area contributed by atoms with Crippen LogP contribution in [0.4, 0.5) is 10.7 Å². The molecule has 0 amide bonds. The maximum atomic E-state index is 12.4. The molecule has 0 bridgehead atoms. The third kappa shape index (κ3) is 5.43.